The molecule has 8 heteroatoms. The maximum Gasteiger partial charge on any atom is 0.260 e. The minimum Gasteiger partial charge on any atom is -0.494 e. The van der Waals surface area contributed by atoms with Crippen molar-refractivity contribution >= 4 is 32.6 Å². The normalized spacial score (nSPS) is 14.4. The summed E-state index contributed by atoms with van der Waals surface area (Å²) in [6.07, 6.45) is 0. The molecule has 4 rings (SSSR count). The number of halogens is 1. The predicted molar refractivity (Wildman–Crippen MR) is 107 cm³/mol. The van der Waals surface area contributed by atoms with Crippen LogP contribution in [0.25, 0.3) is 10.2 Å². The van der Waals surface area contributed by atoms with E-state index in [4.69, 9.17) is 14.5 Å². The number of fused-ring (bicyclic) bond motifs is 1. The highest BCUT2D eigenvalue weighted by molar-refractivity contribution is 7.22. The number of aromatic nitrogens is 1. The molecule has 2 aromatic carbocycles. The summed E-state index contributed by atoms with van der Waals surface area (Å²) in [5.74, 6) is 0.247. The first-order chi connectivity index (χ1) is 13.7. The molecule has 0 saturated carbocycles. The molecule has 146 valence electrons. The van der Waals surface area contributed by atoms with Gasteiger partial charge in [-0.15, -0.1) is 0 Å². The van der Waals surface area contributed by atoms with Gasteiger partial charge < -0.3 is 19.3 Å². The molecular formula is C20H20FN3O3S. The van der Waals surface area contributed by atoms with E-state index in [9.17, 15) is 9.18 Å². The molecule has 0 atom stereocenters. The fraction of sp³-hybridized carbons (Fsp3) is 0.300. The molecule has 0 bridgehead atoms. The van der Waals surface area contributed by atoms with Crippen LogP contribution in [0.1, 0.15) is 0 Å². The van der Waals surface area contributed by atoms with Gasteiger partial charge in [0, 0.05) is 26.2 Å². The molecule has 28 heavy (non-hydrogen) atoms. The monoisotopic (exact) mass is 401 g/mol. The highest BCUT2D eigenvalue weighted by Crippen LogP contribution is 2.34. The maximum absolute atomic E-state index is 13.6. The number of carbonyl (C=O) groups is 1. The number of hydrogen-bond acceptors (Lipinski definition) is 6. The van der Waals surface area contributed by atoms with Crippen LogP contribution < -0.4 is 14.4 Å². The van der Waals surface area contributed by atoms with Crippen LogP contribution >= 0.6 is 11.3 Å². The Morgan fingerprint density at radius 3 is 2.61 bits per heavy atom. The van der Waals surface area contributed by atoms with E-state index >= 15 is 0 Å². The second-order valence-corrected chi connectivity index (χ2v) is 7.40. The molecule has 3 aromatic rings. The highest BCUT2D eigenvalue weighted by atomic mass is 32.1. The van der Waals surface area contributed by atoms with E-state index in [-0.39, 0.29) is 18.3 Å². The lowest BCUT2D eigenvalue weighted by molar-refractivity contribution is -0.133. The molecule has 2 heterocycles. The van der Waals surface area contributed by atoms with Crippen LogP contribution in [0.3, 0.4) is 0 Å². The van der Waals surface area contributed by atoms with Crippen molar-refractivity contribution in [2.24, 2.45) is 0 Å². The van der Waals surface area contributed by atoms with Crippen molar-refractivity contribution in [2.75, 3.05) is 44.8 Å². The summed E-state index contributed by atoms with van der Waals surface area (Å²) in [5, 5.41) is 0.925. The predicted octanol–water partition coefficient (Wildman–Crippen LogP) is 3.17. The number of anilines is 1. The lowest BCUT2D eigenvalue weighted by Crippen LogP contribution is -2.50. The first-order valence-corrected chi connectivity index (χ1v) is 9.81. The molecule has 1 aliphatic rings. The Balaban J connectivity index is 1.35. The highest BCUT2D eigenvalue weighted by Gasteiger charge is 2.24. The Hall–Kier alpha value is -2.87. The number of rotatable bonds is 5. The van der Waals surface area contributed by atoms with Crippen LogP contribution in [0.5, 0.6) is 11.5 Å². The van der Waals surface area contributed by atoms with E-state index in [2.05, 4.69) is 4.90 Å². The van der Waals surface area contributed by atoms with E-state index in [0.717, 1.165) is 21.1 Å². The third kappa shape index (κ3) is 3.73. The summed E-state index contributed by atoms with van der Waals surface area (Å²) in [7, 11) is 1.64. The van der Waals surface area contributed by atoms with Crippen molar-refractivity contribution in [3.8, 4) is 11.5 Å². The zero-order valence-corrected chi connectivity index (χ0v) is 16.2. The SMILES string of the molecule is COc1cccc2sc(N3CCN(C(=O)COc4ccccc4F)CC3)nc12. The van der Waals surface area contributed by atoms with E-state index in [0.29, 0.717) is 26.2 Å². The van der Waals surface area contributed by atoms with Gasteiger partial charge in [-0.2, -0.15) is 0 Å². The summed E-state index contributed by atoms with van der Waals surface area (Å²) in [5.41, 5.74) is 0.863. The Bertz CT molecular complexity index is 986. The number of thiazole rings is 1. The smallest absolute Gasteiger partial charge is 0.260 e. The number of para-hydroxylation sites is 2. The van der Waals surface area contributed by atoms with Crippen molar-refractivity contribution < 1.29 is 18.7 Å². The molecule has 6 nitrogen and oxygen atoms in total. The summed E-state index contributed by atoms with van der Waals surface area (Å²) < 4.78 is 25.4. The summed E-state index contributed by atoms with van der Waals surface area (Å²) in [6.45, 7) is 2.36. The van der Waals surface area contributed by atoms with Gasteiger partial charge in [0.05, 0.1) is 11.8 Å². The molecule has 0 radical (unpaired) electrons. The third-order valence-corrected chi connectivity index (χ3v) is 5.76. The number of ether oxygens (including phenoxy) is 2. The van der Waals surface area contributed by atoms with Crippen LogP contribution in [-0.2, 0) is 4.79 Å². The Labute approximate surface area is 166 Å². The average Bonchev–Trinajstić information content (AvgIpc) is 3.17. The molecule has 1 amide bonds. The van der Waals surface area contributed by atoms with Gasteiger partial charge in [-0.1, -0.05) is 29.5 Å². The summed E-state index contributed by atoms with van der Waals surface area (Å²) in [6, 6.07) is 12.0. The first kappa shape index (κ1) is 18.5. The molecule has 0 aliphatic carbocycles. The lowest BCUT2D eigenvalue weighted by Gasteiger charge is -2.34. The number of benzene rings is 2. The standard InChI is InChI=1S/C20H20FN3O3S/c1-26-16-7-4-8-17-19(16)22-20(28-17)24-11-9-23(10-12-24)18(25)13-27-15-6-3-2-5-14(15)21/h2-8H,9-13H2,1H3. The molecule has 1 aliphatic heterocycles. The largest absolute Gasteiger partial charge is 0.494 e. The van der Waals surface area contributed by atoms with Crippen molar-refractivity contribution in [2.45, 2.75) is 0 Å². The average molecular weight is 401 g/mol. The number of amides is 1. The molecule has 0 N–H and O–H groups in total. The quantitative estimate of drug-likeness (QED) is 0.657. The molecular weight excluding hydrogens is 381 g/mol. The molecule has 1 fully saturated rings. The Morgan fingerprint density at radius 1 is 1.11 bits per heavy atom. The van der Waals surface area contributed by atoms with Gasteiger partial charge in [0.1, 0.15) is 11.3 Å². The summed E-state index contributed by atoms with van der Waals surface area (Å²) in [4.78, 5) is 21.0. The van der Waals surface area contributed by atoms with Crippen LogP contribution in [0.2, 0.25) is 0 Å². The van der Waals surface area contributed by atoms with Crippen molar-refractivity contribution in [3.63, 3.8) is 0 Å². The molecule has 1 saturated heterocycles. The number of piperazine rings is 1. The van der Waals surface area contributed by atoms with Crippen LogP contribution in [0.15, 0.2) is 42.5 Å². The van der Waals surface area contributed by atoms with Gasteiger partial charge in [-0.3, -0.25) is 4.79 Å². The zero-order valence-electron chi connectivity index (χ0n) is 15.4. The van der Waals surface area contributed by atoms with E-state index in [1.807, 2.05) is 18.2 Å². The van der Waals surface area contributed by atoms with Crippen LogP contribution in [0.4, 0.5) is 9.52 Å². The van der Waals surface area contributed by atoms with E-state index < -0.39 is 5.82 Å². The van der Waals surface area contributed by atoms with Crippen molar-refractivity contribution in [1.82, 2.24) is 9.88 Å². The van der Waals surface area contributed by atoms with Crippen molar-refractivity contribution in [1.29, 1.82) is 0 Å². The van der Waals surface area contributed by atoms with Gasteiger partial charge in [-0.05, 0) is 24.3 Å². The second-order valence-electron chi connectivity index (χ2n) is 6.39. The second kappa shape index (κ2) is 8.02. The van der Waals surface area contributed by atoms with E-state index in [1.165, 1.54) is 12.1 Å². The third-order valence-electron chi connectivity index (χ3n) is 4.68. The molecule has 0 spiro atoms. The number of carbonyl (C=O) groups excluding carboxylic acids is 1. The number of nitrogens with zero attached hydrogens (tertiary/aromatic N) is 3. The Morgan fingerprint density at radius 2 is 1.86 bits per heavy atom. The maximum atomic E-state index is 13.6. The van der Waals surface area contributed by atoms with Gasteiger partial charge in [0.15, 0.2) is 23.3 Å². The van der Waals surface area contributed by atoms with Crippen LogP contribution in [0, 0.1) is 5.82 Å². The van der Waals surface area contributed by atoms with Gasteiger partial charge in [0.2, 0.25) is 0 Å². The van der Waals surface area contributed by atoms with Gasteiger partial charge in [0.25, 0.3) is 5.91 Å². The van der Waals surface area contributed by atoms with Gasteiger partial charge in [-0.25, -0.2) is 9.37 Å². The minimum atomic E-state index is -0.466. The summed E-state index contributed by atoms with van der Waals surface area (Å²) >= 11 is 1.62. The van der Waals surface area contributed by atoms with Crippen LogP contribution in [-0.4, -0.2) is 55.7 Å². The minimum absolute atomic E-state index is 0.0953. The first-order valence-electron chi connectivity index (χ1n) is 8.99. The molecule has 1 aromatic heterocycles. The van der Waals surface area contributed by atoms with Gasteiger partial charge >= 0.3 is 0 Å². The fourth-order valence-corrected chi connectivity index (χ4v) is 4.19. The fourth-order valence-electron chi connectivity index (χ4n) is 3.15. The van der Waals surface area contributed by atoms with E-state index in [1.54, 1.807) is 35.5 Å². The number of hydrogen-bond donors (Lipinski definition) is 0. The molecule has 0 unspecified atom stereocenters. The van der Waals surface area contributed by atoms with Crippen molar-refractivity contribution in [3.05, 3.63) is 48.3 Å². The number of methoxy groups -OCH3 is 1. The topological polar surface area (TPSA) is 54.9 Å². The zero-order chi connectivity index (χ0) is 19.5. The lowest BCUT2D eigenvalue weighted by atomic mass is 10.3. The Kier molecular flexibility index (Phi) is 5.29.